The fraction of sp³-hybridized carbons (Fsp3) is 0.550. The first-order valence-corrected chi connectivity index (χ1v) is 8.66. The average molecular weight is 335 g/mol. The molecular weight excluding hydrogens is 300 g/mol. The number of benzene rings is 1. The number of ether oxygens (including phenoxy) is 1. The molecule has 0 unspecified atom stereocenters. The summed E-state index contributed by atoms with van der Waals surface area (Å²) in [4.78, 5) is 14.8. The van der Waals surface area contributed by atoms with Gasteiger partial charge in [0.05, 0.1) is 7.11 Å². The fourth-order valence-electron chi connectivity index (χ4n) is 2.15. The van der Waals surface area contributed by atoms with Crippen LogP contribution in [0.3, 0.4) is 0 Å². The Balaban J connectivity index is 0.000000754. The van der Waals surface area contributed by atoms with Gasteiger partial charge in [-0.15, -0.1) is 0 Å². The van der Waals surface area contributed by atoms with Gasteiger partial charge >= 0.3 is 0 Å². The molecule has 0 heterocycles. The molecule has 0 fully saturated rings. The molecule has 1 aromatic rings. The van der Waals surface area contributed by atoms with E-state index in [1.165, 1.54) is 17.3 Å². The summed E-state index contributed by atoms with van der Waals surface area (Å²) in [7, 11) is 3.86. The van der Waals surface area contributed by atoms with Gasteiger partial charge in [0.2, 0.25) is 0 Å². The Morgan fingerprint density at radius 2 is 1.83 bits per heavy atom. The standard InChI is InChI=1S/C15H26N2O.C5H8O/c1-6-17(7-2)11-10-16(4)14-9-8-13(3)15(12-14)18-5;1-3-5(6)4-2/h8-9,12H,6-7,10-11H2,1-5H3;3H,1,4H2,2H3. The summed E-state index contributed by atoms with van der Waals surface area (Å²) in [5.74, 6) is 1.07. The Bertz CT molecular complexity index is 496. The Hall–Kier alpha value is -1.81. The Kier molecular flexibility index (Phi) is 11.6. The van der Waals surface area contributed by atoms with Gasteiger partial charge < -0.3 is 14.5 Å². The number of hydrogen-bond acceptors (Lipinski definition) is 4. The summed E-state index contributed by atoms with van der Waals surface area (Å²) in [5.41, 5.74) is 2.39. The van der Waals surface area contributed by atoms with Crippen molar-refractivity contribution in [1.82, 2.24) is 4.90 Å². The topological polar surface area (TPSA) is 32.8 Å². The van der Waals surface area contributed by atoms with E-state index in [0.29, 0.717) is 6.42 Å². The second kappa shape index (κ2) is 12.6. The summed E-state index contributed by atoms with van der Waals surface area (Å²) in [6.45, 7) is 15.9. The van der Waals surface area contributed by atoms with E-state index in [-0.39, 0.29) is 5.78 Å². The molecule has 0 aliphatic heterocycles. The van der Waals surface area contributed by atoms with Crippen LogP contribution < -0.4 is 9.64 Å². The lowest BCUT2D eigenvalue weighted by Crippen LogP contribution is -2.33. The normalized spacial score (nSPS) is 9.96. The van der Waals surface area contributed by atoms with E-state index >= 15 is 0 Å². The Labute approximate surface area is 148 Å². The average Bonchev–Trinajstić information content (AvgIpc) is 2.62. The maximum absolute atomic E-state index is 10.1. The zero-order valence-electron chi connectivity index (χ0n) is 16.3. The molecule has 136 valence electrons. The largest absolute Gasteiger partial charge is 0.496 e. The van der Waals surface area contributed by atoms with Crippen LogP contribution in [0.2, 0.25) is 0 Å². The minimum Gasteiger partial charge on any atom is -0.496 e. The molecule has 0 aliphatic rings. The third-order valence-electron chi connectivity index (χ3n) is 4.05. The molecule has 4 heteroatoms. The highest BCUT2D eigenvalue weighted by Gasteiger charge is 2.06. The van der Waals surface area contributed by atoms with Crippen molar-refractivity contribution in [3.63, 3.8) is 0 Å². The number of likely N-dealkylation sites (N-methyl/N-ethyl adjacent to an activating group) is 2. The monoisotopic (exact) mass is 334 g/mol. The quantitative estimate of drug-likeness (QED) is 0.641. The van der Waals surface area contributed by atoms with Crippen molar-refractivity contribution in [2.24, 2.45) is 0 Å². The fourth-order valence-corrected chi connectivity index (χ4v) is 2.15. The molecule has 1 rings (SSSR count). The number of allylic oxidation sites excluding steroid dienone is 1. The van der Waals surface area contributed by atoms with E-state index in [2.05, 4.69) is 62.4 Å². The van der Waals surface area contributed by atoms with Crippen molar-refractivity contribution in [1.29, 1.82) is 0 Å². The third-order valence-corrected chi connectivity index (χ3v) is 4.05. The zero-order valence-corrected chi connectivity index (χ0v) is 16.3. The molecule has 1 aromatic carbocycles. The molecule has 0 aliphatic carbocycles. The lowest BCUT2D eigenvalue weighted by atomic mass is 10.2. The third kappa shape index (κ3) is 8.16. The Morgan fingerprint density at radius 3 is 2.25 bits per heavy atom. The first kappa shape index (κ1) is 22.2. The number of carbonyl (C=O) groups is 1. The van der Waals surface area contributed by atoms with Crippen LogP contribution in [-0.4, -0.2) is 51.0 Å². The van der Waals surface area contributed by atoms with Crippen LogP contribution in [-0.2, 0) is 4.79 Å². The maximum atomic E-state index is 10.1. The molecule has 0 N–H and O–H groups in total. The number of anilines is 1. The van der Waals surface area contributed by atoms with Gasteiger partial charge in [0.25, 0.3) is 0 Å². The van der Waals surface area contributed by atoms with Gasteiger partial charge in [-0.25, -0.2) is 0 Å². The lowest BCUT2D eigenvalue weighted by molar-refractivity contribution is -0.114. The van der Waals surface area contributed by atoms with Crippen LogP contribution in [0.1, 0.15) is 32.8 Å². The molecule has 0 spiro atoms. The van der Waals surface area contributed by atoms with Gasteiger partial charge in [0, 0.05) is 38.3 Å². The van der Waals surface area contributed by atoms with Crippen molar-refractivity contribution in [2.45, 2.75) is 34.1 Å². The van der Waals surface area contributed by atoms with E-state index in [1.807, 2.05) is 6.92 Å². The molecule has 0 radical (unpaired) electrons. The van der Waals surface area contributed by atoms with Gasteiger partial charge in [0.15, 0.2) is 5.78 Å². The van der Waals surface area contributed by atoms with Crippen LogP contribution in [0.15, 0.2) is 30.9 Å². The summed E-state index contributed by atoms with van der Waals surface area (Å²) >= 11 is 0. The maximum Gasteiger partial charge on any atom is 0.154 e. The van der Waals surface area contributed by atoms with Crippen molar-refractivity contribution in [2.75, 3.05) is 45.2 Å². The van der Waals surface area contributed by atoms with Gasteiger partial charge in [0.1, 0.15) is 5.75 Å². The highest BCUT2D eigenvalue weighted by Crippen LogP contribution is 2.24. The predicted molar refractivity (Wildman–Crippen MR) is 104 cm³/mol. The van der Waals surface area contributed by atoms with Gasteiger partial charge in [-0.05, 0) is 37.7 Å². The minimum absolute atomic E-state index is 0.106. The van der Waals surface area contributed by atoms with Crippen molar-refractivity contribution in [3.05, 3.63) is 36.4 Å². The van der Waals surface area contributed by atoms with Crippen LogP contribution in [0.4, 0.5) is 5.69 Å². The van der Waals surface area contributed by atoms with Crippen LogP contribution >= 0.6 is 0 Å². The smallest absolute Gasteiger partial charge is 0.154 e. The van der Waals surface area contributed by atoms with Crippen molar-refractivity contribution in [3.8, 4) is 5.75 Å². The summed E-state index contributed by atoms with van der Waals surface area (Å²) in [6.07, 6.45) is 1.91. The SMILES string of the molecule is C=CC(=O)CC.CCN(CC)CCN(C)c1ccc(C)c(OC)c1. The number of nitrogens with zero attached hydrogens (tertiary/aromatic N) is 2. The van der Waals surface area contributed by atoms with E-state index < -0.39 is 0 Å². The highest BCUT2D eigenvalue weighted by atomic mass is 16.5. The number of hydrogen-bond donors (Lipinski definition) is 0. The second-order valence-electron chi connectivity index (χ2n) is 5.63. The number of aryl methyl sites for hydroxylation is 1. The molecular formula is C20H34N2O2. The first-order valence-electron chi connectivity index (χ1n) is 8.66. The second-order valence-corrected chi connectivity index (χ2v) is 5.63. The van der Waals surface area contributed by atoms with Gasteiger partial charge in [-0.2, -0.15) is 0 Å². The van der Waals surface area contributed by atoms with E-state index in [0.717, 1.165) is 31.9 Å². The molecule has 4 nitrogen and oxygen atoms in total. The molecule has 0 atom stereocenters. The van der Waals surface area contributed by atoms with E-state index in [4.69, 9.17) is 4.74 Å². The molecule has 24 heavy (non-hydrogen) atoms. The van der Waals surface area contributed by atoms with Crippen LogP contribution in [0, 0.1) is 6.92 Å². The van der Waals surface area contributed by atoms with E-state index in [1.54, 1.807) is 7.11 Å². The number of rotatable bonds is 9. The molecule has 0 saturated heterocycles. The number of methoxy groups -OCH3 is 1. The molecule has 0 bridgehead atoms. The van der Waals surface area contributed by atoms with Gasteiger partial charge in [-0.3, -0.25) is 4.79 Å². The number of carbonyl (C=O) groups excluding carboxylic acids is 1. The molecule has 0 amide bonds. The summed E-state index contributed by atoms with van der Waals surface area (Å²) < 4.78 is 5.37. The molecule has 0 saturated carbocycles. The van der Waals surface area contributed by atoms with Crippen molar-refractivity contribution >= 4 is 11.5 Å². The minimum atomic E-state index is 0.106. The summed E-state index contributed by atoms with van der Waals surface area (Å²) in [6, 6.07) is 6.37. The van der Waals surface area contributed by atoms with Crippen molar-refractivity contribution < 1.29 is 9.53 Å². The van der Waals surface area contributed by atoms with Crippen LogP contribution in [0.5, 0.6) is 5.75 Å². The highest BCUT2D eigenvalue weighted by molar-refractivity contribution is 5.88. The lowest BCUT2D eigenvalue weighted by Gasteiger charge is -2.25. The number of ketones is 1. The van der Waals surface area contributed by atoms with E-state index in [9.17, 15) is 4.79 Å². The Morgan fingerprint density at radius 1 is 1.21 bits per heavy atom. The van der Waals surface area contributed by atoms with Crippen LogP contribution in [0.25, 0.3) is 0 Å². The predicted octanol–water partition coefficient (Wildman–Crippen LogP) is 3.93. The van der Waals surface area contributed by atoms with Gasteiger partial charge in [-0.1, -0.05) is 33.4 Å². The summed E-state index contributed by atoms with van der Waals surface area (Å²) in [5, 5.41) is 0. The molecule has 0 aromatic heterocycles. The zero-order chi connectivity index (χ0) is 18.5. The first-order chi connectivity index (χ1) is 11.4.